The molecule has 16 heavy (non-hydrogen) atoms. The lowest BCUT2D eigenvalue weighted by Crippen LogP contribution is -2.40. The minimum absolute atomic E-state index is 0.153. The third-order valence-electron chi connectivity index (χ3n) is 2.04. The Morgan fingerprint density at radius 3 is 2.75 bits per heavy atom. The Morgan fingerprint density at radius 2 is 2.25 bits per heavy atom. The number of aliphatic hydroxyl groups is 1. The van der Waals surface area contributed by atoms with Gasteiger partial charge in [0.05, 0.1) is 11.9 Å². The summed E-state index contributed by atoms with van der Waals surface area (Å²) < 4.78 is 0.547. The van der Waals surface area contributed by atoms with Gasteiger partial charge in [0.2, 0.25) is 0 Å². The Hall–Kier alpha value is -0.630. The van der Waals surface area contributed by atoms with Crippen molar-refractivity contribution < 1.29 is 5.11 Å². The van der Waals surface area contributed by atoms with E-state index in [4.69, 9.17) is 0 Å². The van der Waals surface area contributed by atoms with E-state index in [2.05, 4.69) is 9.97 Å². The lowest BCUT2D eigenvalue weighted by atomic mass is 10.1. The molecule has 1 aromatic heterocycles. The summed E-state index contributed by atoms with van der Waals surface area (Å²) in [6.07, 6.45) is 1.38. The highest BCUT2D eigenvalue weighted by molar-refractivity contribution is 14.1. The molecule has 6 heteroatoms. The van der Waals surface area contributed by atoms with Gasteiger partial charge in [-0.25, -0.2) is 4.98 Å². The van der Waals surface area contributed by atoms with Gasteiger partial charge in [0.25, 0.3) is 5.56 Å². The summed E-state index contributed by atoms with van der Waals surface area (Å²) in [6.45, 7) is 6.56. The minimum atomic E-state index is -0.816. The molecule has 0 amide bonds. The van der Waals surface area contributed by atoms with Crippen molar-refractivity contribution >= 4 is 28.4 Å². The van der Waals surface area contributed by atoms with E-state index < -0.39 is 5.60 Å². The molecule has 1 rings (SSSR count). The van der Waals surface area contributed by atoms with E-state index in [-0.39, 0.29) is 5.56 Å². The molecular weight excluding hydrogens is 321 g/mol. The molecular formula is C10H16IN3O2. The van der Waals surface area contributed by atoms with Crippen molar-refractivity contribution in [2.75, 3.05) is 18.0 Å². The summed E-state index contributed by atoms with van der Waals surface area (Å²) in [5, 5.41) is 9.78. The van der Waals surface area contributed by atoms with E-state index in [0.29, 0.717) is 22.5 Å². The number of likely N-dealkylation sites (N-methyl/N-ethyl adjacent to an activating group) is 1. The Morgan fingerprint density at radius 1 is 1.62 bits per heavy atom. The Bertz CT molecular complexity index is 411. The number of rotatable bonds is 4. The average molecular weight is 337 g/mol. The molecule has 5 nitrogen and oxygen atoms in total. The van der Waals surface area contributed by atoms with Crippen LogP contribution in [-0.2, 0) is 0 Å². The van der Waals surface area contributed by atoms with Crippen molar-refractivity contribution in [3.05, 3.63) is 20.3 Å². The SMILES string of the molecule is CCN(CC(C)(C)O)c1nc[nH]c(=O)c1I. The predicted octanol–water partition coefficient (Wildman–Crippen LogP) is 0.972. The standard InChI is InChI=1S/C10H16IN3O2/c1-4-14(5-10(2,3)16)8-7(11)9(15)13-6-12-8/h6,16H,4-5H2,1-3H3,(H,12,13,15). The molecule has 90 valence electrons. The van der Waals surface area contributed by atoms with Crippen LogP contribution in [0.3, 0.4) is 0 Å². The van der Waals surface area contributed by atoms with Crippen LogP contribution in [0, 0.1) is 3.57 Å². The molecule has 0 aliphatic rings. The van der Waals surface area contributed by atoms with E-state index in [1.54, 1.807) is 13.8 Å². The van der Waals surface area contributed by atoms with Crippen LogP contribution in [0.5, 0.6) is 0 Å². The first-order valence-corrected chi connectivity index (χ1v) is 6.13. The van der Waals surface area contributed by atoms with Crippen molar-refractivity contribution in [3.63, 3.8) is 0 Å². The van der Waals surface area contributed by atoms with Crippen molar-refractivity contribution in [2.45, 2.75) is 26.4 Å². The maximum Gasteiger partial charge on any atom is 0.266 e. The molecule has 0 aliphatic carbocycles. The van der Waals surface area contributed by atoms with Gasteiger partial charge >= 0.3 is 0 Å². The fourth-order valence-electron chi connectivity index (χ4n) is 1.40. The first kappa shape index (κ1) is 13.4. The molecule has 2 N–H and O–H groups in total. The van der Waals surface area contributed by atoms with Crippen molar-refractivity contribution in [1.29, 1.82) is 0 Å². The zero-order valence-electron chi connectivity index (χ0n) is 9.62. The fraction of sp³-hybridized carbons (Fsp3) is 0.600. The maximum absolute atomic E-state index is 11.4. The molecule has 0 aromatic carbocycles. The highest BCUT2D eigenvalue weighted by atomic mass is 127. The second kappa shape index (κ2) is 5.13. The van der Waals surface area contributed by atoms with Gasteiger partial charge in [0.15, 0.2) is 0 Å². The third-order valence-corrected chi connectivity index (χ3v) is 3.01. The van der Waals surface area contributed by atoms with Crippen molar-refractivity contribution in [1.82, 2.24) is 9.97 Å². The van der Waals surface area contributed by atoms with Gasteiger partial charge in [-0.1, -0.05) is 0 Å². The smallest absolute Gasteiger partial charge is 0.266 e. The fourth-order valence-corrected chi connectivity index (χ4v) is 2.03. The average Bonchev–Trinajstić information content (AvgIpc) is 2.18. The summed E-state index contributed by atoms with van der Waals surface area (Å²) >= 11 is 1.97. The molecule has 0 atom stereocenters. The molecule has 0 unspecified atom stereocenters. The molecule has 0 aliphatic heterocycles. The molecule has 1 aromatic rings. The molecule has 0 saturated heterocycles. The number of hydrogen-bond acceptors (Lipinski definition) is 4. The number of H-pyrrole nitrogens is 1. The molecule has 0 spiro atoms. The van der Waals surface area contributed by atoms with Crippen LogP contribution < -0.4 is 10.5 Å². The van der Waals surface area contributed by atoms with Crippen molar-refractivity contribution in [3.8, 4) is 0 Å². The first-order chi connectivity index (χ1) is 7.35. The topological polar surface area (TPSA) is 69.2 Å². The quantitative estimate of drug-likeness (QED) is 0.804. The zero-order valence-corrected chi connectivity index (χ0v) is 11.8. The molecule has 0 bridgehead atoms. The number of halogens is 1. The zero-order chi connectivity index (χ0) is 12.3. The number of nitrogens with one attached hydrogen (secondary N) is 1. The Labute approximate surface area is 108 Å². The Kier molecular flexibility index (Phi) is 4.31. The van der Waals surface area contributed by atoms with Crippen LogP contribution in [0.25, 0.3) is 0 Å². The monoisotopic (exact) mass is 337 g/mol. The number of aromatic amines is 1. The molecule has 0 saturated carbocycles. The van der Waals surface area contributed by atoms with E-state index in [1.807, 2.05) is 34.4 Å². The summed E-state index contributed by atoms with van der Waals surface area (Å²) in [5.41, 5.74) is -0.969. The van der Waals surface area contributed by atoms with Crippen LogP contribution in [0.1, 0.15) is 20.8 Å². The van der Waals surface area contributed by atoms with E-state index >= 15 is 0 Å². The van der Waals surface area contributed by atoms with Crippen LogP contribution in [0.4, 0.5) is 5.82 Å². The summed E-state index contributed by atoms with van der Waals surface area (Å²) in [4.78, 5) is 20.0. The summed E-state index contributed by atoms with van der Waals surface area (Å²) in [5.74, 6) is 0.619. The molecule has 1 heterocycles. The van der Waals surface area contributed by atoms with Gasteiger partial charge in [-0.2, -0.15) is 0 Å². The van der Waals surface area contributed by atoms with Gasteiger partial charge in [0.1, 0.15) is 9.39 Å². The second-order valence-electron chi connectivity index (χ2n) is 4.20. The van der Waals surface area contributed by atoms with Gasteiger partial charge in [-0.3, -0.25) is 4.79 Å². The predicted molar refractivity (Wildman–Crippen MR) is 71.8 cm³/mol. The lowest BCUT2D eigenvalue weighted by Gasteiger charge is -2.29. The summed E-state index contributed by atoms with van der Waals surface area (Å²) in [7, 11) is 0. The number of aromatic nitrogens is 2. The van der Waals surface area contributed by atoms with Crippen molar-refractivity contribution in [2.24, 2.45) is 0 Å². The van der Waals surface area contributed by atoms with E-state index in [9.17, 15) is 9.90 Å². The normalized spacial score (nSPS) is 11.6. The highest BCUT2D eigenvalue weighted by Crippen LogP contribution is 2.17. The number of nitrogens with zero attached hydrogens (tertiary/aromatic N) is 2. The van der Waals surface area contributed by atoms with Gasteiger partial charge in [-0.15, -0.1) is 0 Å². The minimum Gasteiger partial charge on any atom is -0.389 e. The van der Waals surface area contributed by atoms with E-state index in [1.165, 1.54) is 6.33 Å². The summed E-state index contributed by atoms with van der Waals surface area (Å²) in [6, 6.07) is 0. The van der Waals surface area contributed by atoms with Gasteiger partial charge in [-0.05, 0) is 43.4 Å². The highest BCUT2D eigenvalue weighted by Gasteiger charge is 2.20. The largest absolute Gasteiger partial charge is 0.389 e. The number of anilines is 1. The van der Waals surface area contributed by atoms with Crippen LogP contribution in [0.15, 0.2) is 11.1 Å². The van der Waals surface area contributed by atoms with E-state index in [0.717, 1.165) is 0 Å². The third kappa shape index (κ3) is 3.44. The van der Waals surface area contributed by atoms with Crippen LogP contribution in [-0.4, -0.2) is 33.8 Å². The van der Waals surface area contributed by atoms with Crippen LogP contribution >= 0.6 is 22.6 Å². The van der Waals surface area contributed by atoms with Gasteiger partial charge < -0.3 is 15.0 Å². The van der Waals surface area contributed by atoms with Gasteiger partial charge in [0, 0.05) is 13.1 Å². The molecule has 0 fully saturated rings. The number of hydrogen-bond donors (Lipinski definition) is 2. The molecule has 0 radical (unpaired) electrons. The Balaban J connectivity index is 3.05. The maximum atomic E-state index is 11.4. The second-order valence-corrected chi connectivity index (χ2v) is 5.27. The first-order valence-electron chi connectivity index (χ1n) is 5.05. The van der Waals surface area contributed by atoms with Crippen LogP contribution in [0.2, 0.25) is 0 Å². The lowest BCUT2D eigenvalue weighted by molar-refractivity contribution is 0.0873.